The van der Waals surface area contributed by atoms with E-state index in [1.807, 2.05) is 0 Å². The van der Waals surface area contributed by atoms with Gasteiger partial charge in [-0.2, -0.15) is 0 Å². The summed E-state index contributed by atoms with van der Waals surface area (Å²) >= 11 is 0. The second-order valence-electron chi connectivity index (χ2n) is 7.56. The Morgan fingerprint density at radius 2 is 1.89 bits per heavy atom. The van der Waals surface area contributed by atoms with Crippen LogP contribution in [0.25, 0.3) is 0 Å². The Balaban J connectivity index is 1.56. The molecule has 1 aromatic carbocycles. The molecular weight excluding hydrogens is 366 g/mol. The molecule has 0 spiro atoms. The minimum atomic E-state index is -0.515. The number of carbonyl (C=O) groups excluding carboxylic acids is 1. The number of hydrogen-bond donors (Lipinski definition) is 0. The molecule has 0 N–H and O–H groups in total. The summed E-state index contributed by atoms with van der Waals surface area (Å²) in [5.41, 5.74) is 0.401. The lowest BCUT2D eigenvalue weighted by Gasteiger charge is -2.28. The lowest BCUT2D eigenvalue weighted by molar-refractivity contribution is 0.0655. The van der Waals surface area contributed by atoms with Gasteiger partial charge in [-0.05, 0) is 43.9 Å². The summed E-state index contributed by atoms with van der Waals surface area (Å²) in [6.45, 7) is 1.33. The third-order valence-electron chi connectivity index (χ3n) is 5.69. The number of carbonyl (C=O) groups is 1. The van der Waals surface area contributed by atoms with Crippen molar-refractivity contribution in [2.45, 2.75) is 57.0 Å². The molecule has 0 bridgehead atoms. The number of nitrogens with zero attached hydrogens (tertiary/aromatic N) is 2. The molecule has 1 aliphatic carbocycles. The highest BCUT2D eigenvalue weighted by Crippen LogP contribution is 2.29. The molecule has 2 fully saturated rings. The van der Waals surface area contributed by atoms with Crippen LogP contribution in [-0.4, -0.2) is 35.0 Å². The van der Waals surface area contributed by atoms with Crippen molar-refractivity contribution in [1.82, 2.24) is 9.88 Å². The monoisotopic (exact) mass is 390 g/mol. The van der Waals surface area contributed by atoms with Crippen LogP contribution in [0, 0.1) is 11.6 Å². The van der Waals surface area contributed by atoms with E-state index in [1.165, 1.54) is 6.26 Å². The molecule has 150 valence electrons. The van der Waals surface area contributed by atoms with E-state index in [-0.39, 0.29) is 35.7 Å². The Morgan fingerprint density at radius 1 is 1.14 bits per heavy atom. The molecule has 1 saturated carbocycles. The van der Waals surface area contributed by atoms with Crippen LogP contribution in [0.4, 0.5) is 8.78 Å². The van der Waals surface area contributed by atoms with Gasteiger partial charge in [-0.25, -0.2) is 13.8 Å². The van der Waals surface area contributed by atoms with Crippen molar-refractivity contribution in [2.24, 2.45) is 0 Å². The number of oxazole rings is 1. The molecule has 2 aromatic rings. The minimum absolute atomic E-state index is 0.00148. The number of hydrogen-bond acceptors (Lipinski definition) is 4. The van der Waals surface area contributed by atoms with Gasteiger partial charge >= 0.3 is 0 Å². The first-order valence-electron chi connectivity index (χ1n) is 9.90. The smallest absolute Gasteiger partial charge is 0.276 e. The van der Waals surface area contributed by atoms with Crippen LogP contribution in [0.1, 0.15) is 66.4 Å². The molecule has 28 heavy (non-hydrogen) atoms. The summed E-state index contributed by atoms with van der Waals surface area (Å²) < 4.78 is 38.7. The first kappa shape index (κ1) is 19.1. The molecular formula is C21H24F2N2O3. The number of amides is 1. The largest absolute Gasteiger partial charge is 0.448 e. The Labute approximate surface area is 162 Å². The van der Waals surface area contributed by atoms with Crippen molar-refractivity contribution < 1.29 is 22.7 Å². The fourth-order valence-electron chi connectivity index (χ4n) is 4.10. The summed E-state index contributed by atoms with van der Waals surface area (Å²) in [5.74, 6) is -0.623. The number of ether oxygens (including phenoxy) is 1. The van der Waals surface area contributed by atoms with Gasteiger partial charge in [0.2, 0.25) is 0 Å². The molecule has 2 aliphatic rings. The van der Waals surface area contributed by atoms with E-state index < -0.39 is 11.6 Å². The quantitative estimate of drug-likeness (QED) is 0.758. The van der Waals surface area contributed by atoms with Gasteiger partial charge in [-0.3, -0.25) is 4.79 Å². The average molecular weight is 390 g/mol. The van der Waals surface area contributed by atoms with Crippen LogP contribution in [0.15, 0.2) is 28.9 Å². The molecule has 1 amide bonds. The van der Waals surface area contributed by atoms with Gasteiger partial charge in [0, 0.05) is 37.3 Å². The van der Waals surface area contributed by atoms with Crippen molar-refractivity contribution in [3.63, 3.8) is 0 Å². The fraction of sp³-hybridized carbons (Fsp3) is 0.524. The molecule has 7 heteroatoms. The average Bonchev–Trinajstić information content (AvgIpc) is 3.41. The van der Waals surface area contributed by atoms with Gasteiger partial charge in [0.1, 0.15) is 17.9 Å². The maximum Gasteiger partial charge on any atom is 0.276 e. The summed E-state index contributed by atoms with van der Waals surface area (Å²) in [4.78, 5) is 19.2. The molecule has 0 radical (unpaired) electrons. The second kappa shape index (κ2) is 8.39. The second-order valence-corrected chi connectivity index (χ2v) is 7.56. The Hall–Kier alpha value is -2.28. The lowest BCUT2D eigenvalue weighted by Crippen LogP contribution is -2.38. The van der Waals surface area contributed by atoms with Crippen molar-refractivity contribution >= 4 is 5.91 Å². The lowest BCUT2D eigenvalue weighted by atomic mass is 10.0. The highest BCUT2D eigenvalue weighted by molar-refractivity contribution is 5.92. The van der Waals surface area contributed by atoms with E-state index in [2.05, 4.69) is 4.98 Å². The predicted octanol–water partition coefficient (Wildman–Crippen LogP) is 4.43. The van der Waals surface area contributed by atoms with Crippen LogP contribution in [0.3, 0.4) is 0 Å². The highest BCUT2D eigenvalue weighted by atomic mass is 19.1. The molecule has 4 rings (SSSR count). The van der Waals surface area contributed by atoms with Crippen LogP contribution in [-0.2, 0) is 11.3 Å². The number of halogens is 2. The normalized spacial score (nSPS) is 18.5. The maximum absolute atomic E-state index is 14.2. The number of aromatic nitrogens is 1. The number of benzene rings is 1. The third-order valence-corrected chi connectivity index (χ3v) is 5.69. The van der Waals surface area contributed by atoms with Crippen LogP contribution < -0.4 is 0 Å². The summed E-state index contributed by atoms with van der Waals surface area (Å²) in [6, 6.07) is 3.33. The minimum Gasteiger partial charge on any atom is -0.448 e. The van der Waals surface area contributed by atoms with Crippen LogP contribution in [0.2, 0.25) is 0 Å². The first-order valence-corrected chi connectivity index (χ1v) is 9.90. The van der Waals surface area contributed by atoms with E-state index in [0.29, 0.717) is 19.1 Å². The summed E-state index contributed by atoms with van der Waals surface area (Å²) in [7, 11) is 0. The third kappa shape index (κ3) is 4.09. The van der Waals surface area contributed by atoms with Gasteiger partial charge in [0.15, 0.2) is 11.6 Å². The SMILES string of the molecule is O=C(c1coc(C2CCOCC2)n1)N(Cc1cc(F)ccc1F)C1CCCC1. The molecule has 1 aliphatic heterocycles. The summed E-state index contributed by atoms with van der Waals surface area (Å²) in [6.07, 6.45) is 6.76. The van der Waals surface area contributed by atoms with Gasteiger partial charge < -0.3 is 14.1 Å². The molecule has 0 atom stereocenters. The zero-order valence-electron chi connectivity index (χ0n) is 15.7. The van der Waals surface area contributed by atoms with E-state index >= 15 is 0 Å². The van der Waals surface area contributed by atoms with Gasteiger partial charge in [0.25, 0.3) is 5.91 Å². The van der Waals surface area contributed by atoms with Crippen LogP contribution >= 0.6 is 0 Å². The Morgan fingerprint density at radius 3 is 2.64 bits per heavy atom. The molecule has 2 heterocycles. The molecule has 1 saturated heterocycles. The van der Waals surface area contributed by atoms with E-state index in [0.717, 1.165) is 56.7 Å². The first-order chi connectivity index (χ1) is 13.6. The van der Waals surface area contributed by atoms with Crippen molar-refractivity contribution in [3.05, 3.63) is 53.2 Å². The zero-order valence-corrected chi connectivity index (χ0v) is 15.7. The molecule has 1 aromatic heterocycles. The highest BCUT2D eigenvalue weighted by Gasteiger charge is 2.31. The maximum atomic E-state index is 14.2. The Bertz CT molecular complexity index is 827. The van der Waals surface area contributed by atoms with Gasteiger partial charge in [0.05, 0.1) is 0 Å². The standard InChI is InChI=1S/C21H24F2N2O3/c22-16-5-6-18(23)15(11-16)12-25(17-3-1-2-4-17)21(26)19-13-28-20(24-19)14-7-9-27-10-8-14/h5-6,11,13-14,17H,1-4,7-10,12H2. The van der Waals surface area contributed by atoms with E-state index in [4.69, 9.17) is 9.15 Å². The van der Waals surface area contributed by atoms with E-state index in [1.54, 1.807) is 4.90 Å². The predicted molar refractivity (Wildman–Crippen MR) is 97.8 cm³/mol. The zero-order chi connectivity index (χ0) is 19.5. The van der Waals surface area contributed by atoms with Gasteiger partial charge in [-0.15, -0.1) is 0 Å². The van der Waals surface area contributed by atoms with Crippen molar-refractivity contribution in [1.29, 1.82) is 0 Å². The Kier molecular flexibility index (Phi) is 5.71. The van der Waals surface area contributed by atoms with Crippen LogP contribution in [0.5, 0.6) is 0 Å². The fourth-order valence-corrected chi connectivity index (χ4v) is 4.10. The van der Waals surface area contributed by atoms with E-state index in [9.17, 15) is 13.6 Å². The topological polar surface area (TPSA) is 55.6 Å². The molecule has 0 unspecified atom stereocenters. The number of rotatable bonds is 5. The van der Waals surface area contributed by atoms with Crippen molar-refractivity contribution in [3.8, 4) is 0 Å². The van der Waals surface area contributed by atoms with Gasteiger partial charge in [-0.1, -0.05) is 12.8 Å². The van der Waals surface area contributed by atoms with Crippen molar-refractivity contribution in [2.75, 3.05) is 13.2 Å². The summed E-state index contributed by atoms with van der Waals surface area (Å²) in [5, 5.41) is 0. The molecule has 5 nitrogen and oxygen atoms in total.